The van der Waals surface area contributed by atoms with Crippen LogP contribution in [0.1, 0.15) is 21.5 Å². The van der Waals surface area contributed by atoms with Gasteiger partial charge in [0, 0.05) is 11.1 Å². The van der Waals surface area contributed by atoms with E-state index in [-0.39, 0.29) is 10.7 Å². The highest BCUT2D eigenvalue weighted by molar-refractivity contribution is 6.32. The van der Waals surface area contributed by atoms with E-state index < -0.39 is 4.92 Å². The van der Waals surface area contributed by atoms with Crippen LogP contribution in [0.3, 0.4) is 0 Å². The molecule has 21 heavy (non-hydrogen) atoms. The van der Waals surface area contributed by atoms with E-state index in [9.17, 15) is 14.9 Å². The molecule has 0 bridgehead atoms. The number of benzene rings is 2. The zero-order valence-corrected chi connectivity index (χ0v) is 12.2. The SMILES string of the molecule is Cc1cc(C)c([N+](=O)[O-])cc1Oc1ccc(C=O)cc1Cl. The van der Waals surface area contributed by atoms with Crippen LogP contribution >= 0.6 is 11.6 Å². The van der Waals surface area contributed by atoms with Crippen LogP contribution in [0.25, 0.3) is 0 Å². The Kier molecular flexibility index (Phi) is 4.23. The van der Waals surface area contributed by atoms with E-state index >= 15 is 0 Å². The minimum atomic E-state index is -0.460. The number of carbonyl (C=O) groups is 1. The maximum Gasteiger partial charge on any atom is 0.276 e. The van der Waals surface area contributed by atoms with Crippen LogP contribution < -0.4 is 4.74 Å². The van der Waals surface area contributed by atoms with Gasteiger partial charge in [-0.15, -0.1) is 0 Å². The third-order valence-electron chi connectivity index (χ3n) is 3.00. The standard InChI is InChI=1S/C15H12ClNO4/c1-9-5-10(2)15(7-13(9)17(19)20)21-14-4-3-11(8-18)6-12(14)16/h3-8H,1-2H3. The summed E-state index contributed by atoms with van der Waals surface area (Å²) in [6, 6.07) is 7.64. The molecule has 0 aliphatic rings. The summed E-state index contributed by atoms with van der Waals surface area (Å²) in [6.07, 6.45) is 0.678. The second kappa shape index (κ2) is 5.93. The molecule has 0 heterocycles. The fraction of sp³-hybridized carbons (Fsp3) is 0.133. The van der Waals surface area contributed by atoms with E-state index in [0.29, 0.717) is 28.9 Å². The quantitative estimate of drug-likeness (QED) is 0.475. The summed E-state index contributed by atoms with van der Waals surface area (Å²) in [7, 11) is 0. The lowest BCUT2D eigenvalue weighted by atomic mass is 10.1. The molecule has 0 saturated carbocycles. The molecule has 6 heteroatoms. The van der Waals surface area contributed by atoms with E-state index in [1.165, 1.54) is 12.1 Å². The highest BCUT2D eigenvalue weighted by Gasteiger charge is 2.15. The summed E-state index contributed by atoms with van der Waals surface area (Å²) in [4.78, 5) is 21.2. The van der Waals surface area contributed by atoms with Crippen molar-refractivity contribution < 1.29 is 14.5 Å². The molecule has 0 aliphatic heterocycles. The number of hydrogen-bond acceptors (Lipinski definition) is 4. The van der Waals surface area contributed by atoms with Crippen molar-refractivity contribution >= 4 is 23.6 Å². The third kappa shape index (κ3) is 3.20. The Labute approximate surface area is 126 Å². The first-order chi connectivity index (χ1) is 9.92. The highest BCUT2D eigenvalue weighted by Crippen LogP contribution is 2.34. The predicted molar refractivity (Wildman–Crippen MR) is 79.5 cm³/mol. The van der Waals surface area contributed by atoms with Gasteiger partial charge < -0.3 is 4.74 Å². The number of nitro groups is 1. The van der Waals surface area contributed by atoms with E-state index in [2.05, 4.69) is 0 Å². The number of aryl methyl sites for hydroxylation is 2. The largest absolute Gasteiger partial charge is 0.455 e. The Hall–Kier alpha value is -2.40. The topological polar surface area (TPSA) is 69.4 Å². The first kappa shape index (κ1) is 15.0. The number of halogens is 1. The Morgan fingerprint density at radius 3 is 2.43 bits per heavy atom. The molecule has 108 valence electrons. The van der Waals surface area contributed by atoms with Gasteiger partial charge in [0.15, 0.2) is 0 Å². The third-order valence-corrected chi connectivity index (χ3v) is 3.30. The number of nitro benzene ring substituents is 1. The Bertz CT molecular complexity index is 728. The van der Waals surface area contributed by atoms with Crippen LogP contribution in [-0.2, 0) is 0 Å². The highest BCUT2D eigenvalue weighted by atomic mass is 35.5. The van der Waals surface area contributed by atoms with Gasteiger partial charge >= 0.3 is 0 Å². The van der Waals surface area contributed by atoms with Crippen molar-refractivity contribution in [1.29, 1.82) is 0 Å². The molecule has 0 atom stereocenters. The lowest BCUT2D eigenvalue weighted by molar-refractivity contribution is -0.385. The average molecular weight is 306 g/mol. The number of carbonyl (C=O) groups excluding carboxylic acids is 1. The fourth-order valence-corrected chi connectivity index (χ4v) is 2.15. The number of nitrogens with zero attached hydrogens (tertiary/aromatic N) is 1. The summed E-state index contributed by atoms with van der Waals surface area (Å²) in [5.74, 6) is 0.691. The maximum absolute atomic E-state index is 11.0. The number of rotatable bonds is 4. The summed E-state index contributed by atoms with van der Waals surface area (Å²) < 4.78 is 5.63. The molecule has 0 radical (unpaired) electrons. The van der Waals surface area contributed by atoms with Crippen molar-refractivity contribution in [2.24, 2.45) is 0 Å². The maximum atomic E-state index is 11.0. The Morgan fingerprint density at radius 1 is 1.14 bits per heavy atom. The molecule has 5 nitrogen and oxygen atoms in total. The van der Waals surface area contributed by atoms with Crippen molar-refractivity contribution in [3.8, 4) is 11.5 Å². The zero-order chi connectivity index (χ0) is 15.6. The average Bonchev–Trinajstić information content (AvgIpc) is 2.43. The molecule has 2 aromatic rings. The van der Waals surface area contributed by atoms with Gasteiger partial charge in [-0.2, -0.15) is 0 Å². The van der Waals surface area contributed by atoms with Gasteiger partial charge in [0.2, 0.25) is 0 Å². The van der Waals surface area contributed by atoms with Crippen LogP contribution in [0.2, 0.25) is 5.02 Å². The summed E-state index contributed by atoms with van der Waals surface area (Å²) in [5.41, 5.74) is 1.73. The van der Waals surface area contributed by atoms with Crippen LogP contribution in [0, 0.1) is 24.0 Å². The van der Waals surface area contributed by atoms with Crippen molar-refractivity contribution in [3.05, 3.63) is 62.2 Å². The molecule has 2 rings (SSSR count). The molecule has 2 aromatic carbocycles. The van der Waals surface area contributed by atoms with Crippen molar-refractivity contribution in [2.45, 2.75) is 13.8 Å². The monoisotopic (exact) mass is 305 g/mol. The molecule has 0 spiro atoms. The zero-order valence-electron chi connectivity index (χ0n) is 11.4. The Morgan fingerprint density at radius 2 is 1.86 bits per heavy atom. The van der Waals surface area contributed by atoms with Gasteiger partial charge in [0.05, 0.1) is 16.0 Å². The van der Waals surface area contributed by atoms with Gasteiger partial charge in [-0.05, 0) is 43.7 Å². The summed E-state index contributed by atoms with van der Waals surface area (Å²) in [6.45, 7) is 3.46. The molecular formula is C15H12ClNO4. The fourth-order valence-electron chi connectivity index (χ4n) is 1.92. The number of hydrogen-bond donors (Lipinski definition) is 0. The molecular weight excluding hydrogens is 294 g/mol. The van der Waals surface area contributed by atoms with Crippen LogP contribution in [-0.4, -0.2) is 11.2 Å². The van der Waals surface area contributed by atoms with Gasteiger partial charge in [-0.25, -0.2) is 0 Å². The molecule has 0 amide bonds. The first-order valence-corrected chi connectivity index (χ1v) is 6.48. The van der Waals surface area contributed by atoms with E-state index in [1.807, 2.05) is 0 Å². The van der Waals surface area contributed by atoms with E-state index in [0.717, 1.165) is 5.56 Å². The summed E-state index contributed by atoms with van der Waals surface area (Å²) in [5, 5.41) is 11.2. The van der Waals surface area contributed by atoms with Crippen LogP contribution in [0.15, 0.2) is 30.3 Å². The second-order valence-corrected chi connectivity index (χ2v) is 4.98. The minimum absolute atomic E-state index is 0.0174. The normalized spacial score (nSPS) is 10.2. The van der Waals surface area contributed by atoms with Crippen molar-refractivity contribution in [1.82, 2.24) is 0 Å². The van der Waals surface area contributed by atoms with Gasteiger partial charge in [-0.1, -0.05) is 11.6 Å². The molecule has 0 unspecified atom stereocenters. The Balaban J connectivity index is 2.42. The van der Waals surface area contributed by atoms with Crippen LogP contribution in [0.4, 0.5) is 5.69 Å². The lowest BCUT2D eigenvalue weighted by Crippen LogP contribution is -1.96. The van der Waals surface area contributed by atoms with E-state index in [1.54, 1.807) is 32.0 Å². The molecule has 0 saturated heterocycles. The van der Waals surface area contributed by atoms with Gasteiger partial charge in [0.1, 0.15) is 17.8 Å². The van der Waals surface area contributed by atoms with Crippen molar-refractivity contribution in [2.75, 3.05) is 0 Å². The molecule has 0 aromatic heterocycles. The lowest BCUT2D eigenvalue weighted by Gasteiger charge is -2.11. The van der Waals surface area contributed by atoms with Gasteiger partial charge in [0.25, 0.3) is 5.69 Å². The second-order valence-electron chi connectivity index (χ2n) is 4.57. The summed E-state index contributed by atoms with van der Waals surface area (Å²) >= 11 is 6.03. The number of ether oxygens (including phenoxy) is 1. The molecule has 0 N–H and O–H groups in total. The number of aldehydes is 1. The smallest absolute Gasteiger partial charge is 0.276 e. The first-order valence-electron chi connectivity index (χ1n) is 6.10. The predicted octanol–water partition coefficient (Wildman–Crippen LogP) is 4.47. The molecule has 0 fully saturated rings. The van der Waals surface area contributed by atoms with Gasteiger partial charge in [-0.3, -0.25) is 14.9 Å². The van der Waals surface area contributed by atoms with Crippen LogP contribution in [0.5, 0.6) is 11.5 Å². The van der Waals surface area contributed by atoms with Crippen molar-refractivity contribution in [3.63, 3.8) is 0 Å². The van der Waals surface area contributed by atoms with E-state index in [4.69, 9.17) is 16.3 Å². The minimum Gasteiger partial charge on any atom is -0.455 e. The molecule has 0 aliphatic carbocycles.